The van der Waals surface area contributed by atoms with Crippen LogP contribution in [0.15, 0.2) is 78.9 Å². The number of morpholine rings is 1. The van der Waals surface area contributed by atoms with E-state index in [1.54, 1.807) is 4.90 Å². The van der Waals surface area contributed by atoms with Gasteiger partial charge in [0.15, 0.2) is 0 Å². The molecular weight excluding hydrogens is 405 g/mol. The molecule has 148 valence electrons. The summed E-state index contributed by atoms with van der Waals surface area (Å²) < 4.78 is 6.43. The molecule has 0 aliphatic carbocycles. The van der Waals surface area contributed by atoms with Gasteiger partial charge in [0.25, 0.3) is 5.91 Å². The van der Waals surface area contributed by atoms with Crippen LogP contribution in [-0.2, 0) is 16.0 Å². The molecule has 0 bridgehead atoms. The first-order valence-corrected chi connectivity index (χ1v) is 10.3. The zero-order chi connectivity index (χ0) is 20.4. The van der Waals surface area contributed by atoms with E-state index < -0.39 is 6.10 Å². The van der Waals surface area contributed by atoms with Crippen LogP contribution in [0.25, 0.3) is 0 Å². The van der Waals surface area contributed by atoms with Crippen molar-refractivity contribution in [2.24, 2.45) is 0 Å². The second kappa shape index (κ2) is 8.58. The Morgan fingerprint density at radius 2 is 1.59 bits per heavy atom. The zero-order valence-corrected chi connectivity index (χ0v) is 17.5. The lowest BCUT2D eigenvalue weighted by Crippen LogP contribution is -2.49. The lowest BCUT2D eigenvalue weighted by atomic mass is 9.91. The average Bonchev–Trinajstić information content (AvgIpc) is 2.73. The molecule has 0 N–H and O–H groups in total. The summed E-state index contributed by atoms with van der Waals surface area (Å²) in [6.45, 7) is 0. The number of hydrogen-bond donors (Lipinski definition) is 0. The van der Waals surface area contributed by atoms with Crippen molar-refractivity contribution >= 4 is 29.1 Å². The second-order valence-corrected chi connectivity index (χ2v) is 8.11. The van der Waals surface area contributed by atoms with Crippen LogP contribution >= 0.6 is 23.2 Å². The topological polar surface area (TPSA) is 29.5 Å². The van der Waals surface area contributed by atoms with E-state index in [2.05, 4.69) is 0 Å². The van der Waals surface area contributed by atoms with Crippen molar-refractivity contribution in [2.45, 2.75) is 24.7 Å². The molecule has 1 heterocycles. The van der Waals surface area contributed by atoms with Crippen LogP contribution < -0.4 is 0 Å². The Hall–Kier alpha value is -2.33. The molecule has 1 aliphatic rings. The van der Waals surface area contributed by atoms with Gasteiger partial charge in [0.05, 0.1) is 6.04 Å². The van der Waals surface area contributed by atoms with E-state index >= 15 is 0 Å². The van der Waals surface area contributed by atoms with Gasteiger partial charge in [-0.1, -0.05) is 77.8 Å². The first-order valence-electron chi connectivity index (χ1n) is 9.50. The Balaban J connectivity index is 1.72. The highest BCUT2D eigenvalue weighted by Crippen LogP contribution is 2.42. The summed E-state index contributed by atoms with van der Waals surface area (Å²) in [6.07, 6.45) is -0.379. The van der Waals surface area contributed by atoms with Gasteiger partial charge in [-0.25, -0.2) is 0 Å². The van der Waals surface area contributed by atoms with Crippen LogP contribution in [-0.4, -0.2) is 24.0 Å². The Morgan fingerprint density at radius 3 is 2.28 bits per heavy atom. The normalized spacial score (nSPS) is 22.0. The number of halogens is 2. The molecule has 3 aromatic carbocycles. The molecule has 29 heavy (non-hydrogen) atoms. The van der Waals surface area contributed by atoms with Gasteiger partial charge in [-0.05, 0) is 41.0 Å². The predicted molar refractivity (Wildman–Crippen MR) is 116 cm³/mol. The summed E-state index contributed by atoms with van der Waals surface area (Å²) in [6, 6.07) is 24.8. The summed E-state index contributed by atoms with van der Waals surface area (Å²) in [4.78, 5) is 15.0. The highest BCUT2D eigenvalue weighted by atomic mass is 35.5. The van der Waals surface area contributed by atoms with Gasteiger partial charge in [0.2, 0.25) is 0 Å². The molecular formula is C24H21Cl2NO2. The number of benzene rings is 3. The Bertz CT molecular complexity index is 991. The minimum Gasteiger partial charge on any atom is -0.358 e. The molecule has 5 heteroatoms. The van der Waals surface area contributed by atoms with Crippen molar-refractivity contribution in [1.29, 1.82) is 0 Å². The minimum atomic E-state index is -0.560. The third-order valence-corrected chi connectivity index (χ3v) is 5.78. The molecule has 3 aromatic rings. The number of carbonyl (C=O) groups excluding carboxylic acids is 1. The molecule has 1 fully saturated rings. The average molecular weight is 426 g/mol. The lowest BCUT2D eigenvalue weighted by molar-refractivity contribution is -0.171. The van der Waals surface area contributed by atoms with Crippen LogP contribution in [0.1, 0.15) is 28.8 Å². The van der Waals surface area contributed by atoms with E-state index in [0.29, 0.717) is 16.5 Å². The molecule has 1 amide bonds. The smallest absolute Gasteiger partial charge is 0.252 e. The van der Waals surface area contributed by atoms with E-state index in [-0.39, 0.29) is 18.1 Å². The number of carbonyl (C=O) groups is 1. The Labute approximate surface area is 180 Å². The van der Waals surface area contributed by atoms with Gasteiger partial charge in [-0.2, -0.15) is 0 Å². The molecule has 0 aromatic heterocycles. The predicted octanol–water partition coefficient (Wildman–Crippen LogP) is 5.88. The highest BCUT2D eigenvalue weighted by Gasteiger charge is 2.42. The third-order valence-electron chi connectivity index (χ3n) is 5.29. The molecule has 3 nitrogen and oxygen atoms in total. The lowest BCUT2D eigenvalue weighted by Gasteiger charge is -2.43. The standard InChI is InChI=1S/C24H21Cl2NO2/c1-27-22(17-10-12-19(25)13-11-17)23(18-8-5-9-20(26)15-18)29-21(24(27)28)14-16-6-3-2-4-7-16/h2-13,15,21-23H,14H2,1H3/t21-,22+,23-/m1/s1. The van der Waals surface area contributed by atoms with Crippen LogP contribution in [0.3, 0.4) is 0 Å². The van der Waals surface area contributed by atoms with Gasteiger partial charge in [0.1, 0.15) is 12.2 Å². The monoisotopic (exact) mass is 425 g/mol. The van der Waals surface area contributed by atoms with Crippen LogP contribution in [0.5, 0.6) is 0 Å². The van der Waals surface area contributed by atoms with Crippen molar-refractivity contribution in [3.63, 3.8) is 0 Å². The molecule has 0 unspecified atom stereocenters. The summed E-state index contributed by atoms with van der Waals surface area (Å²) in [5.74, 6) is -0.0351. The van der Waals surface area contributed by atoms with Crippen molar-refractivity contribution < 1.29 is 9.53 Å². The molecule has 1 saturated heterocycles. The number of amides is 1. The fourth-order valence-electron chi connectivity index (χ4n) is 3.84. The fraction of sp³-hybridized carbons (Fsp3) is 0.208. The number of nitrogens with zero attached hydrogens (tertiary/aromatic N) is 1. The van der Waals surface area contributed by atoms with E-state index in [9.17, 15) is 4.79 Å². The molecule has 1 aliphatic heterocycles. The van der Waals surface area contributed by atoms with Gasteiger partial charge < -0.3 is 9.64 Å². The largest absolute Gasteiger partial charge is 0.358 e. The Kier molecular flexibility index (Phi) is 5.91. The van der Waals surface area contributed by atoms with E-state index in [4.69, 9.17) is 27.9 Å². The molecule has 4 rings (SSSR count). The van der Waals surface area contributed by atoms with E-state index in [1.807, 2.05) is 85.9 Å². The van der Waals surface area contributed by atoms with E-state index in [0.717, 1.165) is 16.7 Å². The number of rotatable bonds is 4. The maximum Gasteiger partial charge on any atom is 0.252 e. The first kappa shape index (κ1) is 20.0. The molecule has 0 saturated carbocycles. The van der Waals surface area contributed by atoms with Crippen LogP contribution in [0.4, 0.5) is 0 Å². The zero-order valence-electron chi connectivity index (χ0n) is 16.0. The maximum atomic E-state index is 13.2. The van der Waals surface area contributed by atoms with Crippen LogP contribution in [0.2, 0.25) is 10.0 Å². The van der Waals surface area contributed by atoms with Crippen molar-refractivity contribution in [2.75, 3.05) is 7.05 Å². The third kappa shape index (κ3) is 4.32. The summed E-state index contributed by atoms with van der Waals surface area (Å²) >= 11 is 12.3. The fourth-order valence-corrected chi connectivity index (χ4v) is 4.17. The van der Waals surface area contributed by atoms with E-state index in [1.165, 1.54) is 0 Å². The quantitative estimate of drug-likeness (QED) is 0.522. The number of hydrogen-bond acceptors (Lipinski definition) is 2. The summed E-state index contributed by atoms with van der Waals surface area (Å²) in [7, 11) is 1.83. The Morgan fingerprint density at radius 1 is 0.862 bits per heavy atom. The summed E-state index contributed by atoms with van der Waals surface area (Å²) in [5.41, 5.74) is 2.97. The van der Waals surface area contributed by atoms with Crippen LogP contribution in [0, 0.1) is 0 Å². The van der Waals surface area contributed by atoms with Crippen molar-refractivity contribution in [3.8, 4) is 0 Å². The second-order valence-electron chi connectivity index (χ2n) is 7.24. The highest BCUT2D eigenvalue weighted by molar-refractivity contribution is 6.30. The minimum absolute atomic E-state index is 0.0351. The molecule has 0 radical (unpaired) electrons. The van der Waals surface area contributed by atoms with Gasteiger partial charge in [0, 0.05) is 23.5 Å². The molecule has 3 atom stereocenters. The maximum absolute atomic E-state index is 13.2. The summed E-state index contributed by atoms with van der Waals surface area (Å²) in [5, 5.41) is 1.29. The van der Waals surface area contributed by atoms with Gasteiger partial charge >= 0.3 is 0 Å². The SMILES string of the molecule is CN1C(=O)[C@@H](Cc2ccccc2)O[C@H](c2cccc(Cl)c2)[C@@H]1c1ccc(Cl)cc1. The first-order chi connectivity index (χ1) is 14.0. The molecule has 0 spiro atoms. The van der Waals surface area contributed by atoms with Crippen molar-refractivity contribution in [1.82, 2.24) is 4.90 Å². The van der Waals surface area contributed by atoms with Crippen molar-refractivity contribution in [3.05, 3.63) is 106 Å². The number of ether oxygens (including phenoxy) is 1. The van der Waals surface area contributed by atoms with Gasteiger partial charge in [-0.3, -0.25) is 4.79 Å². The number of likely N-dealkylation sites (N-methyl/N-ethyl adjacent to an activating group) is 1. The van der Waals surface area contributed by atoms with Gasteiger partial charge in [-0.15, -0.1) is 0 Å².